The summed E-state index contributed by atoms with van der Waals surface area (Å²) in [6.45, 7) is 8.48. The molecule has 0 saturated carbocycles. The van der Waals surface area contributed by atoms with Gasteiger partial charge < -0.3 is 5.73 Å². The standard InChI is InChI=1S/C34H28.C25H17Br.C8H11N/c1-24-12-10-13-25(2)31(24)23-26-14-11-17-28(22-26)34(27-15-4-3-5-16-27)32-20-8-6-18-29(32)30-19-7-9-21-33(30)34;26-20-12-8-11-19(17-20)25(18-9-2-1-3-10-18)23-15-6-4-13-21(23)22-14-5-7-16-24(22)25;1-6-4-3-5-7(2)8(6)9/h3-22H,23H2,1-2H3;1-17H;3-5H,9H2,1-2H3. The Labute approximate surface area is 417 Å². The number of hydrogen-bond donors (Lipinski definition) is 1. The van der Waals surface area contributed by atoms with Crippen LogP contribution >= 0.6 is 15.9 Å². The second-order valence-electron chi connectivity index (χ2n) is 18.5. The number of benzene rings is 10. The van der Waals surface area contributed by atoms with Crippen LogP contribution in [-0.4, -0.2) is 0 Å². The van der Waals surface area contributed by atoms with Crippen LogP contribution in [0.25, 0.3) is 22.3 Å². The molecule has 10 aromatic carbocycles. The maximum absolute atomic E-state index is 5.68. The minimum Gasteiger partial charge on any atom is -0.398 e. The van der Waals surface area contributed by atoms with E-state index in [2.05, 4.69) is 254 Å². The van der Waals surface area contributed by atoms with Gasteiger partial charge in [-0.15, -0.1) is 0 Å². The molecule has 0 aliphatic heterocycles. The van der Waals surface area contributed by atoms with Gasteiger partial charge in [0.25, 0.3) is 0 Å². The van der Waals surface area contributed by atoms with Crippen molar-refractivity contribution in [3.8, 4) is 22.3 Å². The number of nitrogens with two attached hydrogens (primary N) is 1. The zero-order valence-electron chi connectivity index (χ0n) is 39.8. The van der Waals surface area contributed by atoms with Crippen LogP contribution in [0.3, 0.4) is 0 Å². The van der Waals surface area contributed by atoms with Gasteiger partial charge in [0.2, 0.25) is 0 Å². The van der Waals surface area contributed by atoms with Crippen LogP contribution in [-0.2, 0) is 17.3 Å². The van der Waals surface area contributed by atoms with Crippen molar-refractivity contribution in [1.82, 2.24) is 0 Å². The lowest BCUT2D eigenvalue weighted by atomic mass is 9.67. The highest BCUT2D eigenvalue weighted by Crippen LogP contribution is 2.57. The Morgan fingerprint density at radius 2 is 0.667 bits per heavy atom. The topological polar surface area (TPSA) is 26.0 Å². The lowest BCUT2D eigenvalue weighted by Crippen LogP contribution is -2.28. The molecule has 0 spiro atoms. The molecule has 12 rings (SSSR count). The highest BCUT2D eigenvalue weighted by molar-refractivity contribution is 9.10. The molecule has 0 bridgehead atoms. The van der Waals surface area contributed by atoms with Crippen LogP contribution < -0.4 is 5.73 Å². The van der Waals surface area contributed by atoms with Crippen LogP contribution in [0.2, 0.25) is 0 Å². The lowest BCUT2D eigenvalue weighted by molar-refractivity contribution is 0.766. The summed E-state index contributed by atoms with van der Waals surface area (Å²) in [4.78, 5) is 0. The van der Waals surface area contributed by atoms with Gasteiger partial charge in [-0.1, -0.05) is 246 Å². The average Bonchev–Trinajstić information content (AvgIpc) is 3.87. The summed E-state index contributed by atoms with van der Waals surface area (Å²) >= 11 is 3.69. The number of para-hydroxylation sites is 1. The predicted octanol–water partition coefficient (Wildman–Crippen LogP) is 17.0. The monoisotopic (exact) mass is 953 g/mol. The summed E-state index contributed by atoms with van der Waals surface area (Å²) < 4.78 is 1.10. The fourth-order valence-electron chi connectivity index (χ4n) is 11.2. The summed E-state index contributed by atoms with van der Waals surface area (Å²) in [6.07, 6.45) is 0.945. The molecule has 69 heavy (non-hydrogen) atoms. The quantitative estimate of drug-likeness (QED) is 0.165. The van der Waals surface area contributed by atoms with Gasteiger partial charge in [0.1, 0.15) is 0 Å². The van der Waals surface area contributed by atoms with E-state index in [1.165, 1.54) is 89.0 Å². The first-order valence-electron chi connectivity index (χ1n) is 23.9. The second-order valence-corrected chi connectivity index (χ2v) is 19.4. The van der Waals surface area contributed by atoms with E-state index in [9.17, 15) is 0 Å². The van der Waals surface area contributed by atoms with Crippen LogP contribution in [0.4, 0.5) is 5.69 Å². The molecule has 2 N–H and O–H groups in total. The van der Waals surface area contributed by atoms with Gasteiger partial charge >= 0.3 is 0 Å². The van der Waals surface area contributed by atoms with Crippen molar-refractivity contribution in [3.05, 3.63) is 325 Å². The van der Waals surface area contributed by atoms with E-state index in [4.69, 9.17) is 5.73 Å². The Morgan fingerprint density at radius 3 is 1.07 bits per heavy atom. The minimum absolute atomic E-state index is 0.293. The normalized spacial score (nSPS) is 13.1. The van der Waals surface area contributed by atoms with E-state index in [0.717, 1.165) is 27.7 Å². The van der Waals surface area contributed by atoms with E-state index < -0.39 is 0 Å². The van der Waals surface area contributed by atoms with Crippen molar-refractivity contribution < 1.29 is 0 Å². The number of fused-ring (bicyclic) bond motifs is 6. The molecule has 10 aromatic rings. The Balaban J connectivity index is 0.000000139. The van der Waals surface area contributed by atoms with Crippen molar-refractivity contribution >= 4 is 21.6 Å². The second kappa shape index (κ2) is 19.2. The van der Waals surface area contributed by atoms with Gasteiger partial charge in [0.15, 0.2) is 0 Å². The van der Waals surface area contributed by atoms with E-state index in [-0.39, 0.29) is 10.8 Å². The van der Waals surface area contributed by atoms with Gasteiger partial charge in [0, 0.05) is 10.2 Å². The summed E-state index contributed by atoms with van der Waals surface area (Å²) in [7, 11) is 0. The van der Waals surface area contributed by atoms with Crippen molar-refractivity contribution in [2.45, 2.75) is 44.9 Å². The molecular formula is C67H56BrN. The number of rotatable bonds is 6. The fourth-order valence-corrected chi connectivity index (χ4v) is 11.6. The number of hydrogen-bond acceptors (Lipinski definition) is 1. The Morgan fingerprint density at radius 1 is 0.333 bits per heavy atom. The fraction of sp³-hybridized carbons (Fsp3) is 0.104. The van der Waals surface area contributed by atoms with Crippen molar-refractivity contribution in [2.24, 2.45) is 0 Å². The average molecular weight is 955 g/mol. The van der Waals surface area contributed by atoms with Gasteiger partial charge in [-0.05, 0) is 146 Å². The summed E-state index contributed by atoms with van der Waals surface area (Å²) in [5, 5.41) is 0. The van der Waals surface area contributed by atoms with E-state index in [0.29, 0.717) is 0 Å². The van der Waals surface area contributed by atoms with E-state index in [1.807, 2.05) is 32.0 Å². The van der Waals surface area contributed by atoms with Crippen molar-refractivity contribution in [3.63, 3.8) is 0 Å². The molecule has 0 unspecified atom stereocenters. The Hall–Kier alpha value is -7.52. The van der Waals surface area contributed by atoms with Gasteiger partial charge in [-0.3, -0.25) is 0 Å². The van der Waals surface area contributed by atoms with Gasteiger partial charge in [-0.2, -0.15) is 0 Å². The highest BCUT2D eigenvalue weighted by atomic mass is 79.9. The minimum atomic E-state index is -0.328. The molecule has 2 aliphatic rings. The highest BCUT2D eigenvalue weighted by Gasteiger charge is 2.47. The summed E-state index contributed by atoms with van der Waals surface area (Å²) in [6, 6.07) is 88.1. The number of halogens is 1. The summed E-state index contributed by atoms with van der Waals surface area (Å²) in [5.74, 6) is 0. The zero-order chi connectivity index (χ0) is 47.5. The molecule has 0 radical (unpaired) electrons. The molecule has 0 atom stereocenters. The van der Waals surface area contributed by atoms with Gasteiger partial charge in [-0.25, -0.2) is 0 Å². The largest absolute Gasteiger partial charge is 0.398 e. The number of anilines is 1. The summed E-state index contributed by atoms with van der Waals surface area (Å²) in [5.41, 5.74) is 29.8. The molecule has 0 amide bonds. The first-order chi connectivity index (χ1) is 33.7. The third-order valence-electron chi connectivity index (χ3n) is 14.5. The van der Waals surface area contributed by atoms with Crippen LogP contribution in [0, 0.1) is 27.7 Å². The smallest absolute Gasteiger partial charge is 0.0713 e. The Bertz CT molecular complexity index is 3310. The molecule has 2 heteroatoms. The maximum Gasteiger partial charge on any atom is 0.0713 e. The van der Waals surface area contributed by atoms with Crippen LogP contribution in [0.15, 0.2) is 247 Å². The first kappa shape index (κ1) is 45.3. The third-order valence-corrected chi connectivity index (χ3v) is 15.0. The lowest BCUT2D eigenvalue weighted by Gasteiger charge is -2.34. The number of aryl methyl sites for hydroxylation is 4. The van der Waals surface area contributed by atoms with Crippen molar-refractivity contribution in [2.75, 3.05) is 5.73 Å². The van der Waals surface area contributed by atoms with Crippen LogP contribution in [0.5, 0.6) is 0 Å². The predicted molar refractivity (Wildman–Crippen MR) is 294 cm³/mol. The first-order valence-corrected chi connectivity index (χ1v) is 24.7. The molecule has 1 nitrogen and oxygen atoms in total. The number of nitrogen functional groups attached to an aromatic ring is 1. The molecule has 0 heterocycles. The molecular weight excluding hydrogens is 899 g/mol. The van der Waals surface area contributed by atoms with E-state index >= 15 is 0 Å². The molecule has 0 fully saturated rings. The molecule has 336 valence electrons. The molecule has 0 aromatic heterocycles. The third kappa shape index (κ3) is 8.03. The zero-order valence-corrected chi connectivity index (χ0v) is 41.3. The van der Waals surface area contributed by atoms with Gasteiger partial charge in [0.05, 0.1) is 10.8 Å². The Kier molecular flexibility index (Phi) is 12.6. The molecule has 0 saturated heterocycles. The molecule has 2 aliphatic carbocycles. The SMILES string of the molecule is Brc1cccc(C2(c3ccccc3)c3ccccc3-c3ccccc32)c1.Cc1cccc(C)c1Cc1cccc(C2(c3ccccc3)c3ccccc3-c3ccccc32)c1.Cc1cccc(C)c1N. The maximum atomic E-state index is 5.68. The van der Waals surface area contributed by atoms with E-state index in [1.54, 1.807) is 0 Å². The van der Waals surface area contributed by atoms with Crippen molar-refractivity contribution in [1.29, 1.82) is 0 Å². The van der Waals surface area contributed by atoms with Crippen LogP contribution in [0.1, 0.15) is 77.9 Å².